The summed E-state index contributed by atoms with van der Waals surface area (Å²) in [5.74, 6) is -0.245. The highest BCUT2D eigenvalue weighted by atomic mass is 32.1. The maximum Gasteiger partial charge on any atom is 0.269 e. The molecule has 0 saturated heterocycles. The lowest BCUT2D eigenvalue weighted by Gasteiger charge is -2.22. The molecule has 6 nitrogen and oxygen atoms in total. The van der Waals surface area contributed by atoms with Crippen LogP contribution in [0.3, 0.4) is 0 Å². The first-order valence-corrected chi connectivity index (χ1v) is 7.53. The van der Waals surface area contributed by atoms with E-state index < -0.39 is 10.5 Å². The minimum Gasteiger partial charge on any atom is -0.383 e. The molecule has 116 valence electrons. The number of nitro benzene ring substituents is 1. The largest absolute Gasteiger partial charge is 0.383 e. The van der Waals surface area contributed by atoms with E-state index in [4.69, 9.17) is 0 Å². The zero-order valence-corrected chi connectivity index (χ0v) is 12.8. The van der Waals surface area contributed by atoms with Crippen molar-refractivity contribution in [1.82, 2.24) is 5.32 Å². The van der Waals surface area contributed by atoms with Crippen molar-refractivity contribution in [1.29, 1.82) is 0 Å². The molecule has 0 aliphatic carbocycles. The summed E-state index contributed by atoms with van der Waals surface area (Å²) in [6, 6.07) is 9.49. The van der Waals surface area contributed by atoms with Gasteiger partial charge in [-0.2, -0.15) is 0 Å². The van der Waals surface area contributed by atoms with E-state index in [0.717, 1.165) is 4.88 Å². The highest BCUT2D eigenvalue weighted by Gasteiger charge is 2.24. The number of amides is 1. The van der Waals surface area contributed by atoms with Crippen molar-refractivity contribution in [3.8, 4) is 0 Å². The molecule has 1 amide bonds. The Kier molecular flexibility index (Phi) is 4.89. The van der Waals surface area contributed by atoms with Crippen LogP contribution in [-0.4, -0.2) is 22.5 Å². The molecule has 7 heteroatoms. The van der Waals surface area contributed by atoms with Gasteiger partial charge >= 0.3 is 0 Å². The number of carbonyl (C=O) groups is 1. The summed E-state index contributed by atoms with van der Waals surface area (Å²) in [5.41, 5.74) is -0.442. The van der Waals surface area contributed by atoms with Gasteiger partial charge in [0.1, 0.15) is 5.60 Å². The van der Waals surface area contributed by atoms with Crippen LogP contribution in [0.2, 0.25) is 0 Å². The predicted octanol–water partition coefficient (Wildman–Crippen LogP) is 2.22. The zero-order chi connectivity index (χ0) is 16.2. The molecule has 0 spiro atoms. The number of hydrogen-bond acceptors (Lipinski definition) is 5. The van der Waals surface area contributed by atoms with Crippen molar-refractivity contribution in [3.63, 3.8) is 0 Å². The summed E-state index contributed by atoms with van der Waals surface area (Å²) in [4.78, 5) is 22.8. The van der Waals surface area contributed by atoms with Crippen molar-refractivity contribution < 1.29 is 14.8 Å². The first-order valence-electron chi connectivity index (χ1n) is 6.65. The molecule has 2 rings (SSSR count). The van der Waals surface area contributed by atoms with E-state index >= 15 is 0 Å². The molecule has 1 aromatic carbocycles. The van der Waals surface area contributed by atoms with Gasteiger partial charge in [-0.05, 0) is 23.9 Å². The lowest BCUT2D eigenvalue weighted by Crippen LogP contribution is -2.38. The van der Waals surface area contributed by atoms with Gasteiger partial charge in [0.2, 0.25) is 5.91 Å². The highest BCUT2D eigenvalue weighted by Crippen LogP contribution is 2.24. The summed E-state index contributed by atoms with van der Waals surface area (Å²) in [7, 11) is 0. The quantitative estimate of drug-likeness (QED) is 0.630. The number of non-ortho nitro benzene ring substituents is 1. The van der Waals surface area contributed by atoms with Crippen LogP contribution in [0.5, 0.6) is 0 Å². The van der Waals surface area contributed by atoms with Gasteiger partial charge in [-0.25, -0.2) is 0 Å². The molecule has 1 atom stereocenters. The Labute approximate surface area is 131 Å². The maximum atomic E-state index is 11.9. The zero-order valence-electron chi connectivity index (χ0n) is 12.0. The summed E-state index contributed by atoms with van der Waals surface area (Å²) in [6.45, 7) is 1.75. The first kappa shape index (κ1) is 16.1. The molecule has 0 aliphatic rings. The highest BCUT2D eigenvalue weighted by molar-refractivity contribution is 7.10. The summed E-state index contributed by atoms with van der Waals surface area (Å²) < 4.78 is 0. The van der Waals surface area contributed by atoms with Gasteiger partial charge in [0.15, 0.2) is 0 Å². The van der Waals surface area contributed by atoms with Gasteiger partial charge < -0.3 is 10.4 Å². The smallest absolute Gasteiger partial charge is 0.269 e. The van der Waals surface area contributed by atoms with Gasteiger partial charge in [-0.1, -0.05) is 18.2 Å². The molecular weight excluding hydrogens is 304 g/mol. The minimum absolute atomic E-state index is 0.00946. The summed E-state index contributed by atoms with van der Waals surface area (Å²) in [6.07, 6.45) is 0.110. The van der Waals surface area contributed by atoms with E-state index in [0.29, 0.717) is 5.56 Å². The van der Waals surface area contributed by atoms with E-state index in [9.17, 15) is 20.0 Å². The van der Waals surface area contributed by atoms with E-state index in [1.807, 2.05) is 17.5 Å². The number of nitrogens with zero attached hydrogens (tertiary/aromatic N) is 1. The molecule has 0 unspecified atom stereocenters. The minimum atomic E-state index is -1.11. The lowest BCUT2D eigenvalue weighted by atomic mass is 10.0. The number of rotatable bonds is 6. The van der Waals surface area contributed by atoms with Crippen LogP contribution >= 0.6 is 11.3 Å². The Morgan fingerprint density at radius 1 is 1.36 bits per heavy atom. The molecule has 22 heavy (non-hydrogen) atoms. The maximum absolute atomic E-state index is 11.9. The second kappa shape index (κ2) is 6.67. The van der Waals surface area contributed by atoms with Crippen LogP contribution in [0.1, 0.15) is 17.4 Å². The molecule has 0 saturated carbocycles. The van der Waals surface area contributed by atoms with Gasteiger partial charge in [0.25, 0.3) is 5.69 Å². The molecular formula is C15H16N2O4S. The Balaban J connectivity index is 1.89. The van der Waals surface area contributed by atoms with Crippen LogP contribution in [0.4, 0.5) is 5.69 Å². The van der Waals surface area contributed by atoms with E-state index in [-0.39, 0.29) is 24.6 Å². The topological polar surface area (TPSA) is 92.5 Å². The van der Waals surface area contributed by atoms with Crippen LogP contribution in [0.15, 0.2) is 41.8 Å². The third-order valence-electron chi connectivity index (χ3n) is 3.19. The van der Waals surface area contributed by atoms with E-state index in [1.54, 1.807) is 19.1 Å². The molecule has 0 bridgehead atoms. The number of nitro groups is 1. The summed E-state index contributed by atoms with van der Waals surface area (Å²) in [5, 5.41) is 25.4. The third-order valence-corrected chi connectivity index (χ3v) is 4.32. The number of hydrogen-bond donors (Lipinski definition) is 2. The Morgan fingerprint density at radius 2 is 2.05 bits per heavy atom. The average molecular weight is 320 g/mol. The van der Waals surface area contributed by atoms with Crippen molar-refractivity contribution in [2.75, 3.05) is 6.54 Å². The van der Waals surface area contributed by atoms with Crippen LogP contribution in [-0.2, 0) is 16.8 Å². The fourth-order valence-corrected chi connectivity index (χ4v) is 2.71. The predicted molar refractivity (Wildman–Crippen MR) is 83.7 cm³/mol. The molecule has 0 aliphatic heterocycles. The number of benzene rings is 1. The van der Waals surface area contributed by atoms with E-state index in [2.05, 4.69) is 5.32 Å². The van der Waals surface area contributed by atoms with Gasteiger partial charge in [0.05, 0.1) is 17.9 Å². The molecule has 2 aromatic rings. The Hall–Kier alpha value is -2.25. The van der Waals surface area contributed by atoms with Gasteiger partial charge in [-0.3, -0.25) is 14.9 Å². The van der Waals surface area contributed by atoms with Crippen LogP contribution < -0.4 is 5.32 Å². The fourth-order valence-electron chi connectivity index (χ4n) is 1.93. The number of nitrogens with one attached hydrogen (secondary N) is 1. The molecule has 0 fully saturated rings. The number of aliphatic hydroxyl groups is 1. The van der Waals surface area contributed by atoms with Crippen molar-refractivity contribution >= 4 is 22.9 Å². The molecule has 2 N–H and O–H groups in total. The number of carbonyl (C=O) groups excluding carboxylic acids is 1. The van der Waals surface area contributed by atoms with Crippen molar-refractivity contribution in [2.24, 2.45) is 0 Å². The monoisotopic (exact) mass is 320 g/mol. The Morgan fingerprint density at radius 3 is 2.59 bits per heavy atom. The van der Waals surface area contributed by atoms with Gasteiger partial charge in [-0.15, -0.1) is 11.3 Å². The van der Waals surface area contributed by atoms with Crippen LogP contribution in [0, 0.1) is 10.1 Å². The third kappa shape index (κ3) is 4.12. The van der Waals surface area contributed by atoms with E-state index in [1.165, 1.54) is 23.5 Å². The second-order valence-corrected chi connectivity index (χ2v) is 6.08. The molecule has 0 radical (unpaired) electrons. The normalized spacial score (nSPS) is 13.4. The average Bonchev–Trinajstić information content (AvgIpc) is 3.01. The Bertz CT molecular complexity index is 651. The summed E-state index contributed by atoms with van der Waals surface area (Å²) >= 11 is 1.42. The molecule has 1 aromatic heterocycles. The van der Waals surface area contributed by atoms with Crippen LogP contribution in [0.25, 0.3) is 0 Å². The standard InChI is InChI=1S/C15H16N2O4S/c1-15(19,13-3-2-8-22-13)10-16-14(18)9-11-4-6-12(7-5-11)17(20)21/h2-8,19H,9-10H2,1H3,(H,16,18)/t15-/m1/s1. The SMILES string of the molecule is C[C@@](O)(CNC(=O)Cc1ccc([N+](=O)[O-])cc1)c1cccs1. The fraction of sp³-hybridized carbons (Fsp3) is 0.267. The number of thiophene rings is 1. The first-order chi connectivity index (χ1) is 10.4. The second-order valence-electron chi connectivity index (χ2n) is 5.13. The lowest BCUT2D eigenvalue weighted by molar-refractivity contribution is -0.384. The van der Waals surface area contributed by atoms with Crippen molar-refractivity contribution in [3.05, 3.63) is 62.3 Å². The molecule has 1 heterocycles. The van der Waals surface area contributed by atoms with Crippen molar-refractivity contribution in [2.45, 2.75) is 18.9 Å². The van der Waals surface area contributed by atoms with Gasteiger partial charge in [0, 0.05) is 17.0 Å².